The highest BCUT2D eigenvalue weighted by molar-refractivity contribution is 5.89. The van der Waals surface area contributed by atoms with Gasteiger partial charge < -0.3 is 10.6 Å². The molecule has 2 saturated heterocycles. The van der Waals surface area contributed by atoms with Crippen LogP contribution in [-0.2, 0) is 6.54 Å². The third-order valence-corrected chi connectivity index (χ3v) is 5.55. The van der Waals surface area contributed by atoms with Gasteiger partial charge in [-0.1, -0.05) is 42.5 Å². The van der Waals surface area contributed by atoms with Gasteiger partial charge in [0.25, 0.3) is 0 Å². The first-order chi connectivity index (χ1) is 12.7. The Balaban J connectivity index is 1.34. The van der Waals surface area contributed by atoms with Crippen LogP contribution in [0.2, 0.25) is 0 Å². The Morgan fingerprint density at radius 3 is 2.35 bits per heavy atom. The molecular weight excluding hydrogens is 329 g/mol. The molecule has 2 atom stereocenters. The number of piperidine rings is 1. The van der Waals surface area contributed by atoms with Crippen LogP contribution in [0.1, 0.15) is 31.2 Å². The number of benzene rings is 2. The predicted octanol–water partition coefficient (Wildman–Crippen LogP) is 4.14. The van der Waals surface area contributed by atoms with Crippen molar-refractivity contribution >= 4 is 11.7 Å². The SMILES string of the molecule is O=C(Nc1ccccc1F)NC1CC2CCC(C1)N2Cc1ccccc1. The fraction of sp³-hybridized carbons (Fsp3) is 0.381. The number of halogens is 1. The summed E-state index contributed by atoms with van der Waals surface area (Å²) in [5, 5.41) is 5.66. The van der Waals surface area contributed by atoms with Gasteiger partial charge in [-0.25, -0.2) is 9.18 Å². The van der Waals surface area contributed by atoms with Crippen molar-refractivity contribution < 1.29 is 9.18 Å². The number of hydrogen-bond donors (Lipinski definition) is 2. The van der Waals surface area contributed by atoms with E-state index in [4.69, 9.17) is 0 Å². The summed E-state index contributed by atoms with van der Waals surface area (Å²) in [7, 11) is 0. The molecule has 0 radical (unpaired) electrons. The maximum Gasteiger partial charge on any atom is 0.319 e. The van der Waals surface area contributed by atoms with Gasteiger partial charge in [-0.15, -0.1) is 0 Å². The number of carbonyl (C=O) groups is 1. The van der Waals surface area contributed by atoms with Crippen molar-refractivity contribution in [3.63, 3.8) is 0 Å². The van der Waals surface area contributed by atoms with E-state index in [1.54, 1.807) is 18.2 Å². The highest BCUT2D eigenvalue weighted by Gasteiger charge is 2.40. The molecule has 4 rings (SSSR count). The van der Waals surface area contributed by atoms with Crippen molar-refractivity contribution in [3.8, 4) is 0 Å². The second-order valence-corrected chi connectivity index (χ2v) is 7.29. The van der Waals surface area contributed by atoms with Crippen LogP contribution in [0.25, 0.3) is 0 Å². The molecule has 2 aliphatic rings. The molecule has 136 valence electrons. The molecule has 2 aromatic rings. The van der Waals surface area contributed by atoms with Crippen molar-refractivity contribution in [2.75, 3.05) is 5.32 Å². The minimum absolute atomic E-state index is 0.145. The van der Waals surface area contributed by atoms with E-state index in [0.29, 0.717) is 12.1 Å². The summed E-state index contributed by atoms with van der Waals surface area (Å²) in [5.41, 5.74) is 1.56. The normalized spacial score (nSPS) is 25.0. The van der Waals surface area contributed by atoms with Gasteiger partial charge in [0, 0.05) is 24.7 Å². The number of fused-ring (bicyclic) bond motifs is 2. The second-order valence-electron chi connectivity index (χ2n) is 7.29. The van der Waals surface area contributed by atoms with Crippen LogP contribution < -0.4 is 10.6 Å². The lowest BCUT2D eigenvalue weighted by Crippen LogP contribution is -2.50. The average Bonchev–Trinajstić information content (AvgIpc) is 2.87. The van der Waals surface area contributed by atoms with E-state index < -0.39 is 5.82 Å². The Bertz CT molecular complexity index is 753. The van der Waals surface area contributed by atoms with Crippen LogP contribution in [0.3, 0.4) is 0 Å². The standard InChI is InChI=1S/C21H24FN3O/c22-19-8-4-5-9-20(19)24-21(26)23-16-12-17-10-11-18(13-16)25(17)14-15-6-2-1-3-7-15/h1-9,16-18H,10-14H2,(H2,23,24,26). The molecule has 2 unspecified atom stereocenters. The monoisotopic (exact) mass is 353 g/mol. The van der Waals surface area contributed by atoms with Crippen LogP contribution in [0.4, 0.5) is 14.9 Å². The van der Waals surface area contributed by atoms with E-state index in [0.717, 1.165) is 19.4 Å². The van der Waals surface area contributed by atoms with E-state index in [-0.39, 0.29) is 17.8 Å². The molecule has 0 aromatic heterocycles. The molecule has 2 fully saturated rings. The molecule has 0 aliphatic carbocycles. The zero-order chi connectivity index (χ0) is 17.9. The third-order valence-electron chi connectivity index (χ3n) is 5.55. The lowest BCUT2D eigenvalue weighted by atomic mass is 9.96. The number of para-hydroxylation sites is 1. The fourth-order valence-corrected chi connectivity index (χ4v) is 4.35. The quantitative estimate of drug-likeness (QED) is 0.867. The predicted molar refractivity (Wildman–Crippen MR) is 100 cm³/mol. The summed E-state index contributed by atoms with van der Waals surface area (Å²) in [5.74, 6) is -0.416. The van der Waals surface area contributed by atoms with Gasteiger partial charge in [0.05, 0.1) is 5.69 Å². The molecule has 2 N–H and O–H groups in total. The first-order valence-corrected chi connectivity index (χ1v) is 9.31. The lowest BCUT2D eigenvalue weighted by Gasteiger charge is -2.39. The summed E-state index contributed by atoms with van der Waals surface area (Å²) in [4.78, 5) is 14.8. The Kier molecular flexibility index (Phi) is 4.89. The summed E-state index contributed by atoms with van der Waals surface area (Å²) in [6.07, 6.45) is 4.28. The molecule has 2 aromatic carbocycles. The van der Waals surface area contributed by atoms with E-state index in [1.165, 1.54) is 24.5 Å². The number of urea groups is 1. The molecule has 0 saturated carbocycles. The van der Waals surface area contributed by atoms with Gasteiger partial charge in [0.1, 0.15) is 5.82 Å². The number of amides is 2. The summed E-state index contributed by atoms with van der Waals surface area (Å²) in [6.45, 7) is 0.977. The molecule has 5 heteroatoms. The highest BCUT2D eigenvalue weighted by atomic mass is 19.1. The molecule has 2 bridgehead atoms. The average molecular weight is 353 g/mol. The molecule has 4 nitrogen and oxygen atoms in total. The summed E-state index contributed by atoms with van der Waals surface area (Å²) >= 11 is 0. The van der Waals surface area contributed by atoms with Gasteiger partial charge >= 0.3 is 6.03 Å². The van der Waals surface area contributed by atoms with E-state index in [1.807, 2.05) is 6.07 Å². The van der Waals surface area contributed by atoms with Crippen LogP contribution in [0.5, 0.6) is 0 Å². The molecule has 26 heavy (non-hydrogen) atoms. The maximum absolute atomic E-state index is 13.7. The summed E-state index contributed by atoms with van der Waals surface area (Å²) in [6, 6.07) is 17.6. The van der Waals surface area contributed by atoms with Crippen LogP contribution in [0.15, 0.2) is 54.6 Å². The van der Waals surface area contributed by atoms with Gasteiger partial charge in [0.15, 0.2) is 0 Å². The largest absolute Gasteiger partial charge is 0.335 e. The second kappa shape index (κ2) is 7.46. The molecular formula is C21H24FN3O. The number of hydrogen-bond acceptors (Lipinski definition) is 2. The minimum Gasteiger partial charge on any atom is -0.335 e. The van der Waals surface area contributed by atoms with Crippen molar-refractivity contribution in [2.45, 2.75) is 50.4 Å². The number of rotatable bonds is 4. The van der Waals surface area contributed by atoms with Crippen molar-refractivity contribution in [2.24, 2.45) is 0 Å². The maximum atomic E-state index is 13.7. The van der Waals surface area contributed by atoms with E-state index >= 15 is 0 Å². The van der Waals surface area contributed by atoms with Gasteiger partial charge in [-0.05, 0) is 43.4 Å². The molecule has 2 aliphatic heterocycles. The molecule has 2 amide bonds. The van der Waals surface area contributed by atoms with Crippen LogP contribution in [-0.4, -0.2) is 29.1 Å². The van der Waals surface area contributed by atoms with Crippen LogP contribution in [0, 0.1) is 5.82 Å². The number of nitrogens with zero attached hydrogens (tertiary/aromatic N) is 1. The van der Waals surface area contributed by atoms with Crippen molar-refractivity contribution in [1.29, 1.82) is 0 Å². The minimum atomic E-state index is -0.416. The Labute approximate surface area is 153 Å². The lowest BCUT2D eigenvalue weighted by molar-refractivity contribution is 0.112. The van der Waals surface area contributed by atoms with Gasteiger partial charge in [0.2, 0.25) is 0 Å². The molecule has 2 heterocycles. The zero-order valence-corrected chi connectivity index (χ0v) is 14.7. The number of anilines is 1. The number of carbonyl (C=O) groups excluding carboxylic acids is 1. The van der Waals surface area contributed by atoms with Gasteiger partial charge in [-0.3, -0.25) is 4.90 Å². The smallest absolute Gasteiger partial charge is 0.319 e. The zero-order valence-electron chi connectivity index (χ0n) is 14.7. The van der Waals surface area contributed by atoms with Crippen molar-refractivity contribution in [1.82, 2.24) is 10.2 Å². The third kappa shape index (κ3) is 3.73. The van der Waals surface area contributed by atoms with Crippen molar-refractivity contribution in [3.05, 3.63) is 66.0 Å². The highest BCUT2D eigenvalue weighted by Crippen LogP contribution is 2.36. The Hall–Kier alpha value is -2.40. The fourth-order valence-electron chi connectivity index (χ4n) is 4.35. The summed E-state index contributed by atoms with van der Waals surface area (Å²) < 4.78 is 13.7. The Morgan fingerprint density at radius 1 is 1.00 bits per heavy atom. The topological polar surface area (TPSA) is 44.4 Å². The number of nitrogens with one attached hydrogen (secondary N) is 2. The van der Waals surface area contributed by atoms with E-state index in [9.17, 15) is 9.18 Å². The van der Waals surface area contributed by atoms with Gasteiger partial charge in [-0.2, -0.15) is 0 Å². The molecule has 0 spiro atoms. The van der Waals surface area contributed by atoms with Crippen LogP contribution >= 0.6 is 0 Å². The Morgan fingerprint density at radius 2 is 1.65 bits per heavy atom. The first-order valence-electron chi connectivity index (χ1n) is 9.31. The first kappa shape index (κ1) is 17.0. The van der Waals surface area contributed by atoms with E-state index in [2.05, 4.69) is 39.8 Å².